The molecule has 0 unspecified atom stereocenters. The van der Waals surface area contributed by atoms with Gasteiger partial charge in [0.25, 0.3) is 0 Å². The minimum Gasteiger partial charge on any atom is -0.436 e. The van der Waals surface area contributed by atoms with E-state index in [2.05, 4.69) is 42.0 Å². The highest BCUT2D eigenvalue weighted by atomic mass is 32.2. The second-order valence-electron chi connectivity index (χ2n) is 11.9. The number of sulfonamides is 1. The van der Waals surface area contributed by atoms with Crippen molar-refractivity contribution in [3.8, 4) is 11.6 Å². The topological polar surface area (TPSA) is 110 Å². The van der Waals surface area contributed by atoms with Crippen molar-refractivity contribution in [3.05, 3.63) is 60.0 Å². The van der Waals surface area contributed by atoms with Gasteiger partial charge in [0.05, 0.1) is 23.0 Å². The van der Waals surface area contributed by atoms with Gasteiger partial charge in [-0.3, -0.25) is 9.21 Å². The van der Waals surface area contributed by atoms with Crippen LogP contribution in [0.5, 0.6) is 11.6 Å². The number of anilines is 4. The fourth-order valence-electron chi connectivity index (χ4n) is 6.58. The maximum atomic E-state index is 15.4. The smallest absolute Gasteiger partial charge is 0.233 e. The largest absolute Gasteiger partial charge is 0.436 e. The van der Waals surface area contributed by atoms with Gasteiger partial charge in [-0.1, -0.05) is 12.1 Å². The Balaban J connectivity index is 1.08. The van der Waals surface area contributed by atoms with Crippen molar-refractivity contribution in [1.29, 1.82) is 0 Å². The Bertz CT molecular complexity index is 1780. The number of nitrogens with one attached hydrogen (secondary N) is 2. The lowest BCUT2D eigenvalue weighted by Crippen LogP contribution is -2.52. The van der Waals surface area contributed by atoms with Gasteiger partial charge in [-0.05, 0) is 62.2 Å². The standard InChI is InChI=1S/C31H37FN8O3S/c1-37-16-18-38(19-17-37)23-10-13-39(14-11-23)26-7-6-22(20-25(26)32)34-31-35-29-24(8-12-33-29)30(36-31)43-27-5-3-4-21-9-15-40(28(21)27)44(2,41)42/h3-8,12,20,23H,9-11,13-19H2,1-2H3,(H2,33,34,35,36). The molecule has 2 aromatic heterocycles. The van der Waals surface area contributed by atoms with Crippen LogP contribution in [0.2, 0.25) is 0 Å². The number of likely N-dealkylation sites (N-methyl/N-ethyl adjacent to an activating group) is 1. The van der Waals surface area contributed by atoms with Crippen molar-refractivity contribution in [1.82, 2.24) is 24.8 Å². The number of halogens is 1. The molecule has 0 spiro atoms. The van der Waals surface area contributed by atoms with Gasteiger partial charge in [0.15, 0.2) is 5.75 Å². The molecule has 3 aliphatic heterocycles. The van der Waals surface area contributed by atoms with Crippen LogP contribution < -0.4 is 19.3 Å². The summed E-state index contributed by atoms with van der Waals surface area (Å²) in [6.45, 7) is 6.43. The predicted molar refractivity (Wildman–Crippen MR) is 170 cm³/mol. The van der Waals surface area contributed by atoms with Crippen LogP contribution in [-0.4, -0.2) is 98.3 Å². The molecule has 5 heterocycles. The van der Waals surface area contributed by atoms with Gasteiger partial charge in [0.1, 0.15) is 11.5 Å². The monoisotopic (exact) mass is 620 g/mol. The summed E-state index contributed by atoms with van der Waals surface area (Å²) in [5.41, 5.74) is 3.07. The van der Waals surface area contributed by atoms with Crippen LogP contribution >= 0.6 is 0 Å². The Labute approximate surface area is 256 Å². The molecule has 2 N–H and O–H groups in total. The molecule has 0 radical (unpaired) electrons. The molecule has 3 aliphatic rings. The number of hydrogen-bond acceptors (Lipinski definition) is 9. The average Bonchev–Trinajstić information content (AvgIpc) is 3.66. The van der Waals surface area contributed by atoms with Crippen LogP contribution in [0.1, 0.15) is 18.4 Å². The van der Waals surface area contributed by atoms with E-state index in [9.17, 15) is 8.42 Å². The number of aromatic amines is 1. The molecule has 7 rings (SSSR count). The summed E-state index contributed by atoms with van der Waals surface area (Å²) in [4.78, 5) is 19.3. The van der Waals surface area contributed by atoms with Crippen molar-refractivity contribution in [3.63, 3.8) is 0 Å². The first-order valence-electron chi connectivity index (χ1n) is 15.1. The van der Waals surface area contributed by atoms with Crippen molar-refractivity contribution in [2.24, 2.45) is 0 Å². The van der Waals surface area contributed by atoms with Gasteiger partial charge < -0.3 is 24.8 Å². The number of benzene rings is 2. The minimum absolute atomic E-state index is 0.225. The zero-order chi connectivity index (χ0) is 30.4. The van der Waals surface area contributed by atoms with Gasteiger partial charge in [0, 0.05) is 63.7 Å². The molecule has 2 fully saturated rings. The molecule has 0 bridgehead atoms. The SMILES string of the molecule is CN1CCN(C2CCN(c3ccc(Nc4nc(Oc5cccc6c5N(S(C)(=O)=O)CC6)c5cc[nH]c5n4)cc3F)CC2)CC1. The summed E-state index contributed by atoms with van der Waals surface area (Å²) < 4.78 is 48.0. The number of rotatable bonds is 7. The lowest BCUT2D eigenvalue weighted by molar-refractivity contribution is 0.0981. The Hall–Kier alpha value is -3.94. The van der Waals surface area contributed by atoms with E-state index in [-0.39, 0.29) is 17.6 Å². The molecule has 2 aromatic carbocycles. The number of fused-ring (bicyclic) bond motifs is 2. The summed E-state index contributed by atoms with van der Waals surface area (Å²) >= 11 is 0. The quantitative estimate of drug-likeness (QED) is 0.315. The number of hydrogen-bond donors (Lipinski definition) is 2. The van der Waals surface area contributed by atoms with E-state index in [1.54, 1.807) is 18.3 Å². The number of piperazine rings is 1. The maximum absolute atomic E-state index is 15.4. The molecule has 0 amide bonds. The Morgan fingerprint density at radius 3 is 2.55 bits per heavy atom. The second-order valence-corrected chi connectivity index (χ2v) is 13.8. The van der Waals surface area contributed by atoms with E-state index in [1.165, 1.54) is 16.6 Å². The molecular weight excluding hydrogens is 583 g/mol. The molecule has 13 heteroatoms. The molecular formula is C31H37FN8O3S. The van der Waals surface area contributed by atoms with Gasteiger partial charge in [-0.2, -0.15) is 9.97 Å². The highest BCUT2D eigenvalue weighted by molar-refractivity contribution is 7.92. The molecule has 232 valence electrons. The average molecular weight is 621 g/mol. The Morgan fingerprint density at radius 1 is 1.00 bits per heavy atom. The third-order valence-electron chi connectivity index (χ3n) is 8.97. The lowest BCUT2D eigenvalue weighted by Gasteiger charge is -2.42. The zero-order valence-corrected chi connectivity index (χ0v) is 25.8. The third kappa shape index (κ3) is 5.66. The van der Waals surface area contributed by atoms with Crippen molar-refractivity contribution >= 4 is 44.1 Å². The number of para-hydroxylation sites is 1. The van der Waals surface area contributed by atoms with E-state index >= 15 is 4.39 Å². The van der Waals surface area contributed by atoms with Crippen molar-refractivity contribution < 1.29 is 17.5 Å². The van der Waals surface area contributed by atoms with Crippen LogP contribution in [0.25, 0.3) is 11.0 Å². The number of H-pyrrole nitrogens is 1. The Kier molecular flexibility index (Phi) is 7.55. The third-order valence-corrected chi connectivity index (χ3v) is 10.1. The van der Waals surface area contributed by atoms with E-state index in [0.717, 1.165) is 57.7 Å². The fourth-order valence-corrected chi connectivity index (χ4v) is 7.54. The van der Waals surface area contributed by atoms with E-state index < -0.39 is 10.0 Å². The van der Waals surface area contributed by atoms with Gasteiger partial charge in [-0.25, -0.2) is 12.8 Å². The Morgan fingerprint density at radius 2 is 1.80 bits per heavy atom. The summed E-state index contributed by atoms with van der Waals surface area (Å²) in [5, 5.41) is 3.76. The highest BCUT2D eigenvalue weighted by Crippen LogP contribution is 2.41. The first-order valence-corrected chi connectivity index (χ1v) is 16.9. The molecule has 0 aliphatic carbocycles. The van der Waals surface area contributed by atoms with E-state index in [1.807, 2.05) is 24.3 Å². The molecule has 44 heavy (non-hydrogen) atoms. The van der Waals surface area contributed by atoms with E-state index in [4.69, 9.17) is 4.74 Å². The normalized spacial score (nSPS) is 18.6. The molecule has 2 saturated heterocycles. The summed E-state index contributed by atoms with van der Waals surface area (Å²) in [5.74, 6) is 0.575. The molecule has 4 aromatic rings. The van der Waals surface area contributed by atoms with Crippen molar-refractivity contribution in [2.75, 3.05) is 73.6 Å². The van der Waals surface area contributed by atoms with Crippen molar-refractivity contribution in [2.45, 2.75) is 25.3 Å². The van der Waals surface area contributed by atoms with E-state index in [0.29, 0.717) is 52.9 Å². The first kappa shape index (κ1) is 28.8. The zero-order valence-electron chi connectivity index (χ0n) is 25.0. The van der Waals surface area contributed by atoms with Crippen LogP contribution in [-0.2, 0) is 16.4 Å². The van der Waals surface area contributed by atoms with Gasteiger partial charge >= 0.3 is 0 Å². The summed E-state index contributed by atoms with van der Waals surface area (Å²) in [6.07, 6.45) is 5.59. The molecule has 11 nitrogen and oxygen atoms in total. The maximum Gasteiger partial charge on any atom is 0.233 e. The number of nitrogens with zero attached hydrogens (tertiary/aromatic N) is 6. The molecule has 0 atom stereocenters. The van der Waals surface area contributed by atoms with Gasteiger partial charge in [-0.15, -0.1) is 0 Å². The summed E-state index contributed by atoms with van der Waals surface area (Å²) in [7, 11) is -1.31. The second kappa shape index (κ2) is 11.5. The first-order chi connectivity index (χ1) is 21.2. The summed E-state index contributed by atoms with van der Waals surface area (Å²) in [6, 6.07) is 13.0. The number of piperidine rings is 1. The number of ether oxygens (including phenoxy) is 1. The molecule has 0 saturated carbocycles. The van der Waals surface area contributed by atoms with Crippen LogP contribution in [0.3, 0.4) is 0 Å². The highest BCUT2D eigenvalue weighted by Gasteiger charge is 2.31. The van der Waals surface area contributed by atoms with Crippen LogP contribution in [0.4, 0.5) is 27.4 Å². The fraction of sp³-hybridized carbons (Fsp3) is 0.419. The lowest BCUT2D eigenvalue weighted by atomic mass is 10.0. The minimum atomic E-state index is -3.48. The predicted octanol–water partition coefficient (Wildman–Crippen LogP) is 4.17. The van der Waals surface area contributed by atoms with Crippen LogP contribution in [0, 0.1) is 5.82 Å². The van der Waals surface area contributed by atoms with Crippen LogP contribution in [0.15, 0.2) is 48.7 Å². The van der Waals surface area contributed by atoms with Gasteiger partial charge in [0.2, 0.25) is 21.9 Å². The number of aromatic nitrogens is 3.